The van der Waals surface area contributed by atoms with Gasteiger partial charge in [-0.3, -0.25) is 0 Å². The largest absolute Gasteiger partial charge is 0.390 e. The van der Waals surface area contributed by atoms with Crippen LogP contribution in [0.2, 0.25) is 0 Å². The van der Waals surface area contributed by atoms with Crippen molar-refractivity contribution in [1.82, 2.24) is 9.97 Å². The van der Waals surface area contributed by atoms with Crippen LogP contribution in [-0.4, -0.2) is 40.3 Å². The number of aliphatic hydroxyl groups is 1. The van der Waals surface area contributed by atoms with E-state index >= 15 is 0 Å². The van der Waals surface area contributed by atoms with Crippen molar-refractivity contribution >= 4 is 27.6 Å². The molecule has 0 aromatic carbocycles. The lowest BCUT2D eigenvalue weighted by Crippen LogP contribution is -2.43. The van der Waals surface area contributed by atoms with Gasteiger partial charge in [0.05, 0.1) is 5.60 Å². The van der Waals surface area contributed by atoms with E-state index < -0.39 is 5.60 Å². The summed E-state index contributed by atoms with van der Waals surface area (Å²) in [5, 5.41) is 13.2. The zero-order chi connectivity index (χ0) is 13.2. The number of halogens is 1. The summed E-state index contributed by atoms with van der Waals surface area (Å²) < 4.78 is 0.897. The van der Waals surface area contributed by atoms with Crippen LogP contribution in [0.25, 0.3) is 0 Å². The number of anilines is 2. The van der Waals surface area contributed by atoms with E-state index in [-0.39, 0.29) is 0 Å². The van der Waals surface area contributed by atoms with Crippen molar-refractivity contribution in [3.8, 4) is 0 Å². The third-order valence-electron chi connectivity index (χ3n) is 3.26. The molecule has 0 unspecified atom stereocenters. The van der Waals surface area contributed by atoms with Crippen LogP contribution in [0.3, 0.4) is 0 Å². The fourth-order valence-electron chi connectivity index (χ4n) is 2.07. The van der Waals surface area contributed by atoms with E-state index in [2.05, 4.69) is 36.1 Å². The van der Waals surface area contributed by atoms with E-state index in [9.17, 15) is 5.11 Å². The molecule has 0 bridgehead atoms. The second-order valence-corrected chi connectivity index (χ2v) is 5.67. The van der Waals surface area contributed by atoms with Crippen LogP contribution in [0.1, 0.15) is 26.7 Å². The molecule has 18 heavy (non-hydrogen) atoms. The van der Waals surface area contributed by atoms with E-state index in [1.54, 1.807) is 6.33 Å². The van der Waals surface area contributed by atoms with Crippen LogP contribution in [0.5, 0.6) is 0 Å². The van der Waals surface area contributed by atoms with Crippen LogP contribution in [0.4, 0.5) is 11.6 Å². The third-order valence-corrected chi connectivity index (χ3v) is 3.99. The van der Waals surface area contributed by atoms with Crippen molar-refractivity contribution in [3.05, 3.63) is 10.8 Å². The Balaban J connectivity index is 2.16. The SMILES string of the molecule is CCNc1ncnc(N2CCC(C)(O)CC2)c1Br. The molecule has 0 spiro atoms. The summed E-state index contributed by atoms with van der Waals surface area (Å²) in [6.07, 6.45) is 3.10. The second-order valence-electron chi connectivity index (χ2n) is 4.87. The van der Waals surface area contributed by atoms with Gasteiger partial charge < -0.3 is 15.3 Å². The number of piperidine rings is 1. The topological polar surface area (TPSA) is 61.3 Å². The summed E-state index contributed by atoms with van der Waals surface area (Å²) in [7, 11) is 0. The van der Waals surface area contributed by atoms with Gasteiger partial charge in [0.15, 0.2) is 0 Å². The number of nitrogens with one attached hydrogen (secondary N) is 1. The monoisotopic (exact) mass is 314 g/mol. The molecule has 0 saturated carbocycles. The predicted octanol–water partition coefficient (Wildman–Crippen LogP) is 2.02. The number of rotatable bonds is 3. The Morgan fingerprint density at radius 1 is 1.44 bits per heavy atom. The van der Waals surface area contributed by atoms with Gasteiger partial charge in [-0.05, 0) is 42.6 Å². The van der Waals surface area contributed by atoms with Crippen molar-refractivity contribution in [2.75, 3.05) is 29.9 Å². The van der Waals surface area contributed by atoms with Gasteiger partial charge in [0.25, 0.3) is 0 Å². The Kier molecular flexibility index (Phi) is 4.07. The Labute approximate surface area is 116 Å². The molecule has 2 rings (SSSR count). The second kappa shape index (κ2) is 5.40. The van der Waals surface area contributed by atoms with E-state index in [1.807, 2.05) is 13.8 Å². The van der Waals surface area contributed by atoms with Crippen LogP contribution >= 0.6 is 15.9 Å². The molecule has 1 aromatic rings. The van der Waals surface area contributed by atoms with Gasteiger partial charge in [-0.1, -0.05) is 0 Å². The first-order valence-corrected chi connectivity index (χ1v) is 7.04. The minimum atomic E-state index is -0.541. The third kappa shape index (κ3) is 2.92. The quantitative estimate of drug-likeness (QED) is 0.894. The Morgan fingerprint density at radius 3 is 2.72 bits per heavy atom. The zero-order valence-corrected chi connectivity index (χ0v) is 12.4. The van der Waals surface area contributed by atoms with Crippen LogP contribution in [-0.2, 0) is 0 Å². The van der Waals surface area contributed by atoms with Crippen LogP contribution in [0.15, 0.2) is 10.8 Å². The van der Waals surface area contributed by atoms with Crippen molar-refractivity contribution < 1.29 is 5.11 Å². The number of nitrogens with zero attached hydrogens (tertiary/aromatic N) is 3. The first-order chi connectivity index (χ1) is 8.53. The van der Waals surface area contributed by atoms with Crippen molar-refractivity contribution in [2.24, 2.45) is 0 Å². The lowest BCUT2D eigenvalue weighted by molar-refractivity contribution is 0.0350. The van der Waals surface area contributed by atoms with Gasteiger partial charge in [-0.2, -0.15) is 0 Å². The highest BCUT2D eigenvalue weighted by Crippen LogP contribution is 2.32. The maximum atomic E-state index is 9.96. The predicted molar refractivity (Wildman–Crippen MR) is 76.0 cm³/mol. The molecule has 0 amide bonds. The molecule has 100 valence electrons. The molecule has 2 heterocycles. The van der Waals surface area contributed by atoms with E-state index in [4.69, 9.17) is 0 Å². The summed E-state index contributed by atoms with van der Waals surface area (Å²) in [5.41, 5.74) is -0.541. The Bertz CT molecular complexity index is 415. The maximum absolute atomic E-state index is 9.96. The van der Waals surface area contributed by atoms with E-state index in [0.717, 1.165) is 48.6 Å². The molecule has 1 aliphatic heterocycles. The van der Waals surface area contributed by atoms with Gasteiger partial charge >= 0.3 is 0 Å². The molecule has 6 heteroatoms. The van der Waals surface area contributed by atoms with Crippen molar-refractivity contribution in [2.45, 2.75) is 32.3 Å². The number of aromatic nitrogens is 2. The Hall–Kier alpha value is -0.880. The molecule has 2 N–H and O–H groups in total. The van der Waals surface area contributed by atoms with Gasteiger partial charge in [-0.25, -0.2) is 9.97 Å². The molecule has 1 fully saturated rings. The summed E-state index contributed by atoms with van der Waals surface area (Å²) in [5.74, 6) is 1.72. The summed E-state index contributed by atoms with van der Waals surface area (Å²) in [6.45, 7) is 6.38. The normalized spacial score (nSPS) is 18.8. The van der Waals surface area contributed by atoms with Gasteiger partial charge in [0, 0.05) is 19.6 Å². The molecule has 0 radical (unpaired) electrons. The summed E-state index contributed by atoms with van der Waals surface area (Å²) in [6, 6.07) is 0. The number of hydrogen-bond acceptors (Lipinski definition) is 5. The maximum Gasteiger partial charge on any atom is 0.148 e. The molecule has 0 atom stereocenters. The molecule has 1 aromatic heterocycles. The molecular weight excluding hydrogens is 296 g/mol. The first-order valence-electron chi connectivity index (χ1n) is 6.25. The lowest BCUT2D eigenvalue weighted by atomic mass is 9.94. The minimum absolute atomic E-state index is 0.541. The van der Waals surface area contributed by atoms with E-state index in [1.165, 1.54) is 0 Å². The fourth-order valence-corrected chi connectivity index (χ4v) is 2.67. The van der Waals surface area contributed by atoms with Crippen molar-refractivity contribution in [3.63, 3.8) is 0 Å². The average molecular weight is 315 g/mol. The average Bonchev–Trinajstić information content (AvgIpc) is 2.33. The van der Waals surface area contributed by atoms with Crippen LogP contribution < -0.4 is 10.2 Å². The zero-order valence-electron chi connectivity index (χ0n) is 10.8. The highest BCUT2D eigenvalue weighted by molar-refractivity contribution is 9.10. The van der Waals surface area contributed by atoms with Gasteiger partial charge in [0.2, 0.25) is 0 Å². The highest BCUT2D eigenvalue weighted by atomic mass is 79.9. The highest BCUT2D eigenvalue weighted by Gasteiger charge is 2.29. The fraction of sp³-hybridized carbons (Fsp3) is 0.667. The summed E-state index contributed by atoms with van der Waals surface area (Å²) in [4.78, 5) is 10.7. The van der Waals surface area contributed by atoms with Gasteiger partial charge in [-0.15, -0.1) is 0 Å². The molecule has 1 saturated heterocycles. The molecule has 1 aliphatic rings. The molecule has 5 nitrogen and oxygen atoms in total. The molecule has 0 aliphatic carbocycles. The van der Waals surface area contributed by atoms with Crippen molar-refractivity contribution in [1.29, 1.82) is 0 Å². The van der Waals surface area contributed by atoms with E-state index in [0.29, 0.717) is 0 Å². The van der Waals surface area contributed by atoms with Gasteiger partial charge in [0.1, 0.15) is 22.4 Å². The summed E-state index contributed by atoms with van der Waals surface area (Å²) >= 11 is 3.55. The van der Waals surface area contributed by atoms with Crippen LogP contribution in [0, 0.1) is 0 Å². The number of hydrogen-bond donors (Lipinski definition) is 2. The minimum Gasteiger partial charge on any atom is -0.390 e. The standard InChI is InChI=1S/C12H19BrN4O/c1-3-14-10-9(13)11(16-8-15-10)17-6-4-12(2,18)5-7-17/h8,18H,3-7H2,1-2H3,(H,14,15,16). The lowest BCUT2D eigenvalue weighted by Gasteiger charge is -2.36. The molecular formula is C12H19BrN4O. The first kappa shape index (κ1) is 13.5. The smallest absolute Gasteiger partial charge is 0.148 e. The Morgan fingerprint density at radius 2 is 2.11 bits per heavy atom.